The van der Waals surface area contributed by atoms with E-state index >= 15 is 0 Å². The van der Waals surface area contributed by atoms with Gasteiger partial charge in [0.05, 0.1) is 6.61 Å². The summed E-state index contributed by atoms with van der Waals surface area (Å²) < 4.78 is 11.8. The summed E-state index contributed by atoms with van der Waals surface area (Å²) in [5.41, 5.74) is 1.06. The summed E-state index contributed by atoms with van der Waals surface area (Å²) in [6.45, 7) is 7.71. The van der Waals surface area contributed by atoms with E-state index in [9.17, 15) is 0 Å². The zero-order valence-corrected chi connectivity index (χ0v) is 12.6. The molecule has 0 saturated heterocycles. The monoisotopic (exact) mass is 316 g/mol. The second kappa shape index (κ2) is 9.30. The second-order valence-electron chi connectivity index (χ2n) is 3.84. The Morgan fingerprint density at radius 2 is 2.17 bits per heavy atom. The van der Waals surface area contributed by atoms with Crippen LogP contribution in [0.1, 0.15) is 25.8 Å². The molecule has 1 aromatic rings. The van der Waals surface area contributed by atoms with E-state index in [0.717, 1.165) is 29.5 Å². The molecule has 0 aromatic carbocycles. The van der Waals surface area contributed by atoms with Crippen molar-refractivity contribution in [3.05, 3.63) is 22.3 Å². The van der Waals surface area contributed by atoms with Gasteiger partial charge in [-0.05, 0) is 41.9 Å². The standard InChI is InChI=1S/C13H21BrN2O2/c1-3-5-15-9-11-8-12(14)10-16-13(11)18-7-6-17-4-2/h8,10,15H,3-7,9H2,1-2H3. The Morgan fingerprint density at radius 1 is 1.33 bits per heavy atom. The average Bonchev–Trinajstić information content (AvgIpc) is 2.37. The van der Waals surface area contributed by atoms with E-state index in [1.54, 1.807) is 6.20 Å². The molecule has 1 aromatic heterocycles. The van der Waals surface area contributed by atoms with E-state index in [4.69, 9.17) is 9.47 Å². The Labute approximate surface area is 117 Å². The molecule has 1 N–H and O–H groups in total. The molecule has 0 aliphatic carbocycles. The Balaban J connectivity index is 2.52. The molecule has 0 radical (unpaired) electrons. The summed E-state index contributed by atoms with van der Waals surface area (Å²) in [4.78, 5) is 4.29. The number of hydrogen-bond acceptors (Lipinski definition) is 4. The molecule has 5 heteroatoms. The van der Waals surface area contributed by atoms with Crippen molar-refractivity contribution in [2.45, 2.75) is 26.8 Å². The van der Waals surface area contributed by atoms with Gasteiger partial charge in [-0.1, -0.05) is 6.92 Å². The van der Waals surface area contributed by atoms with Gasteiger partial charge in [-0.3, -0.25) is 0 Å². The predicted molar refractivity (Wildman–Crippen MR) is 75.9 cm³/mol. The third-order valence-electron chi connectivity index (χ3n) is 2.30. The number of rotatable bonds is 9. The van der Waals surface area contributed by atoms with Crippen LogP contribution < -0.4 is 10.1 Å². The van der Waals surface area contributed by atoms with Crippen molar-refractivity contribution in [3.8, 4) is 5.88 Å². The fourth-order valence-electron chi connectivity index (χ4n) is 1.47. The summed E-state index contributed by atoms with van der Waals surface area (Å²) >= 11 is 3.43. The normalized spacial score (nSPS) is 10.6. The van der Waals surface area contributed by atoms with Gasteiger partial charge >= 0.3 is 0 Å². The van der Waals surface area contributed by atoms with Gasteiger partial charge in [0.25, 0.3) is 0 Å². The van der Waals surface area contributed by atoms with Crippen LogP contribution in [0.5, 0.6) is 5.88 Å². The number of nitrogens with one attached hydrogen (secondary N) is 1. The summed E-state index contributed by atoms with van der Waals surface area (Å²) in [7, 11) is 0. The number of nitrogens with zero attached hydrogens (tertiary/aromatic N) is 1. The molecule has 0 aliphatic heterocycles. The topological polar surface area (TPSA) is 43.4 Å². The first-order chi connectivity index (χ1) is 8.77. The SMILES string of the molecule is CCCNCc1cc(Br)cnc1OCCOCC. The molecular weight excluding hydrogens is 296 g/mol. The van der Waals surface area contributed by atoms with Crippen LogP contribution in [0.4, 0.5) is 0 Å². The average molecular weight is 317 g/mol. The lowest BCUT2D eigenvalue weighted by molar-refractivity contribution is 0.108. The highest BCUT2D eigenvalue weighted by atomic mass is 79.9. The largest absolute Gasteiger partial charge is 0.475 e. The molecule has 102 valence electrons. The molecule has 0 unspecified atom stereocenters. The van der Waals surface area contributed by atoms with E-state index < -0.39 is 0 Å². The zero-order chi connectivity index (χ0) is 13.2. The van der Waals surface area contributed by atoms with Crippen molar-refractivity contribution >= 4 is 15.9 Å². The minimum absolute atomic E-state index is 0.531. The van der Waals surface area contributed by atoms with Crippen LogP contribution >= 0.6 is 15.9 Å². The van der Waals surface area contributed by atoms with Crippen LogP contribution in [0.3, 0.4) is 0 Å². The molecule has 1 heterocycles. The van der Waals surface area contributed by atoms with Crippen molar-refractivity contribution in [1.29, 1.82) is 0 Å². The van der Waals surface area contributed by atoms with E-state index in [2.05, 4.69) is 33.2 Å². The molecule has 0 bridgehead atoms. The van der Waals surface area contributed by atoms with Gasteiger partial charge in [-0.25, -0.2) is 4.98 Å². The van der Waals surface area contributed by atoms with Gasteiger partial charge in [-0.15, -0.1) is 0 Å². The summed E-state index contributed by atoms with van der Waals surface area (Å²) in [6.07, 6.45) is 2.86. The maximum atomic E-state index is 5.63. The van der Waals surface area contributed by atoms with Gasteiger partial charge < -0.3 is 14.8 Å². The van der Waals surface area contributed by atoms with E-state index in [-0.39, 0.29) is 0 Å². The van der Waals surface area contributed by atoms with Crippen molar-refractivity contribution in [3.63, 3.8) is 0 Å². The van der Waals surface area contributed by atoms with Crippen LogP contribution in [-0.2, 0) is 11.3 Å². The van der Waals surface area contributed by atoms with Gasteiger partial charge in [-0.2, -0.15) is 0 Å². The summed E-state index contributed by atoms with van der Waals surface area (Å²) in [5, 5.41) is 3.35. The third-order valence-corrected chi connectivity index (χ3v) is 2.74. The maximum Gasteiger partial charge on any atom is 0.217 e. The first kappa shape index (κ1) is 15.4. The fraction of sp³-hybridized carbons (Fsp3) is 0.615. The maximum absolute atomic E-state index is 5.63. The van der Waals surface area contributed by atoms with Crippen molar-refractivity contribution in [2.75, 3.05) is 26.4 Å². The molecule has 1 rings (SSSR count). The first-order valence-electron chi connectivity index (χ1n) is 6.33. The van der Waals surface area contributed by atoms with Crippen LogP contribution in [0, 0.1) is 0 Å². The van der Waals surface area contributed by atoms with E-state index in [1.807, 2.05) is 13.0 Å². The summed E-state index contributed by atoms with van der Waals surface area (Å²) in [6, 6.07) is 2.03. The van der Waals surface area contributed by atoms with Crippen molar-refractivity contribution in [1.82, 2.24) is 10.3 Å². The van der Waals surface area contributed by atoms with Gasteiger partial charge in [0, 0.05) is 29.4 Å². The highest BCUT2D eigenvalue weighted by Gasteiger charge is 2.06. The number of halogens is 1. The Kier molecular flexibility index (Phi) is 7.96. The first-order valence-corrected chi connectivity index (χ1v) is 7.12. The number of hydrogen-bond donors (Lipinski definition) is 1. The molecule has 0 fully saturated rings. The minimum Gasteiger partial charge on any atom is -0.475 e. The number of ether oxygens (including phenoxy) is 2. The second-order valence-corrected chi connectivity index (χ2v) is 4.76. The van der Waals surface area contributed by atoms with Crippen LogP contribution in [0.25, 0.3) is 0 Å². The predicted octanol–water partition coefficient (Wildman–Crippen LogP) is 2.76. The highest BCUT2D eigenvalue weighted by Crippen LogP contribution is 2.19. The minimum atomic E-state index is 0.531. The van der Waals surface area contributed by atoms with Crippen molar-refractivity contribution in [2.24, 2.45) is 0 Å². The van der Waals surface area contributed by atoms with Crippen LogP contribution in [0.15, 0.2) is 16.7 Å². The van der Waals surface area contributed by atoms with E-state index in [0.29, 0.717) is 25.7 Å². The lowest BCUT2D eigenvalue weighted by atomic mass is 10.2. The van der Waals surface area contributed by atoms with E-state index in [1.165, 1.54) is 0 Å². The van der Waals surface area contributed by atoms with Gasteiger partial charge in [0.1, 0.15) is 6.61 Å². The number of aromatic nitrogens is 1. The molecule has 0 saturated carbocycles. The quantitative estimate of drug-likeness (QED) is 0.711. The van der Waals surface area contributed by atoms with Crippen LogP contribution in [0.2, 0.25) is 0 Å². The van der Waals surface area contributed by atoms with Crippen LogP contribution in [-0.4, -0.2) is 31.3 Å². The summed E-state index contributed by atoms with van der Waals surface area (Å²) in [5.74, 6) is 0.682. The highest BCUT2D eigenvalue weighted by molar-refractivity contribution is 9.10. The molecule has 0 aliphatic rings. The fourth-order valence-corrected chi connectivity index (χ4v) is 1.85. The van der Waals surface area contributed by atoms with Gasteiger partial charge in [0.2, 0.25) is 5.88 Å². The molecule has 0 atom stereocenters. The molecule has 0 spiro atoms. The smallest absolute Gasteiger partial charge is 0.217 e. The lowest BCUT2D eigenvalue weighted by Gasteiger charge is -2.11. The van der Waals surface area contributed by atoms with Crippen molar-refractivity contribution < 1.29 is 9.47 Å². The Hall–Kier alpha value is -0.650. The van der Waals surface area contributed by atoms with Gasteiger partial charge in [0.15, 0.2) is 0 Å². The molecular formula is C13H21BrN2O2. The zero-order valence-electron chi connectivity index (χ0n) is 11.0. The molecule has 18 heavy (non-hydrogen) atoms. The Morgan fingerprint density at radius 3 is 2.89 bits per heavy atom. The Bertz CT molecular complexity index is 348. The third kappa shape index (κ3) is 5.80. The lowest BCUT2D eigenvalue weighted by Crippen LogP contribution is -2.16. The number of pyridine rings is 1. The molecule has 4 nitrogen and oxygen atoms in total. The molecule has 0 amide bonds.